The van der Waals surface area contributed by atoms with Crippen LogP contribution in [0.2, 0.25) is 0 Å². The van der Waals surface area contributed by atoms with E-state index in [1.165, 1.54) is 0 Å². The molecule has 0 fully saturated rings. The standard InChI is InChI=1S/C19H16F3N3O3S/c1-2-24(10-12-6-4-3-5-7-12)18-23-15(11-26)14-8-13(19(20,21)22)9-16(25(27)28)17(14)29-18/h3-9,11,15H,2,10H2,1H3. The number of aliphatic imine (C=N–C) groups is 1. The van der Waals surface area contributed by atoms with Gasteiger partial charge in [-0.1, -0.05) is 30.3 Å². The molecule has 0 spiro atoms. The van der Waals surface area contributed by atoms with Crippen molar-refractivity contribution in [3.05, 3.63) is 69.3 Å². The van der Waals surface area contributed by atoms with Crippen LogP contribution in [0.3, 0.4) is 0 Å². The van der Waals surface area contributed by atoms with Gasteiger partial charge in [-0.15, -0.1) is 0 Å². The molecular weight excluding hydrogens is 407 g/mol. The Morgan fingerprint density at radius 3 is 2.52 bits per heavy atom. The lowest BCUT2D eigenvalue weighted by Gasteiger charge is -2.29. The molecule has 0 bridgehead atoms. The number of hydrogen-bond acceptors (Lipinski definition) is 6. The van der Waals surface area contributed by atoms with Crippen molar-refractivity contribution in [2.75, 3.05) is 6.54 Å². The van der Waals surface area contributed by atoms with Crippen molar-refractivity contribution in [3.8, 4) is 0 Å². The van der Waals surface area contributed by atoms with Crippen molar-refractivity contribution >= 4 is 28.9 Å². The zero-order valence-electron chi connectivity index (χ0n) is 15.2. The number of fused-ring (bicyclic) bond motifs is 1. The Bertz CT molecular complexity index is 964. The van der Waals surface area contributed by atoms with Crippen molar-refractivity contribution < 1.29 is 22.9 Å². The van der Waals surface area contributed by atoms with Crippen LogP contribution in [-0.2, 0) is 17.5 Å². The monoisotopic (exact) mass is 423 g/mol. The lowest BCUT2D eigenvalue weighted by molar-refractivity contribution is -0.388. The molecule has 6 nitrogen and oxygen atoms in total. The van der Waals surface area contributed by atoms with Gasteiger partial charge in [0.25, 0.3) is 5.69 Å². The molecule has 1 heterocycles. The van der Waals surface area contributed by atoms with Gasteiger partial charge in [-0.3, -0.25) is 10.1 Å². The van der Waals surface area contributed by atoms with Gasteiger partial charge in [-0.25, -0.2) is 4.99 Å². The van der Waals surface area contributed by atoms with Crippen LogP contribution >= 0.6 is 11.8 Å². The van der Waals surface area contributed by atoms with Crippen LogP contribution < -0.4 is 0 Å². The molecule has 0 aliphatic carbocycles. The molecular formula is C19H16F3N3O3S. The summed E-state index contributed by atoms with van der Waals surface area (Å²) in [7, 11) is 0. The van der Waals surface area contributed by atoms with E-state index in [-0.39, 0.29) is 10.5 Å². The molecule has 2 aromatic rings. The lowest BCUT2D eigenvalue weighted by Crippen LogP contribution is -2.30. The van der Waals surface area contributed by atoms with Gasteiger partial charge in [0.05, 0.1) is 15.4 Å². The van der Waals surface area contributed by atoms with Crippen LogP contribution in [0.1, 0.15) is 29.7 Å². The quantitative estimate of drug-likeness (QED) is 0.391. The van der Waals surface area contributed by atoms with Gasteiger partial charge in [0, 0.05) is 24.7 Å². The summed E-state index contributed by atoms with van der Waals surface area (Å²) in [6.07, 6.45) is -4.37. The van der Waals surface area contributed by atoms with Gasteiger partial charge in [-0.05, 0) is 30.3 Å². The highest BCUT2D eigenvalue weighted by Gasteiger charge is 2.38. The molecule has 3 rings (SSSR count). The smallest absolute Gasteiger partial charge is 0.347 e. The summed E-state index contributed by atoms with van der Waals surface area (Å²) in [5, 5.41) is 11.8. The van der Waals surface area contributed by atoms with Gasteiger partial charge in [0.2, 0.25) is 0 Å². The molecule has 1 aliphatic heterocycles. The van der Waals surface area contributed by atoms with Gasteiger partial charge >= 0.3 is 6.18 Å². The SMILES string of the molecule is CCN(Cc1ccccc1)C1=NC(C=O)c2cc(C(F)(F)F)cc([N+](=O)[O-])c2S1. The summed E-state index contributed by atoms with van der Waals surface area (Å²) in [4.78, 5) is 28.3. The van der Waals surface area contributed by atoms with E-state index in [1.807, 2.05) is 42.2 Å². The van der Waals surface area contributed by atoms with Crippen molar-refractivity contribution in [1.29, 1.82) is 0 Å². The number of aldehydes is 1. The van der Waals surface area contributed by atoms with E-state index in [2.05, 4.69) is 4.99 Å². The molecule has 0 radical (unpaired) electrons. The number of carbonyl (C=O) groups is 1. The molecule has 1 atom stereocenters. The summed E-state index contributed by atoms with van der Waals surface area (Å²) < 4.78 is 39.5. The first-order valence-corrected chi connectivity index (χ1v) is 9.45. The average Bonchev–Trinajstić information content (AvgIpc) is 2.70. The normalized spacial score (nSPS) is 16.0. The molecule has 0 N–H and O–H groups in total. The van der Waals surface area contributed by atoms with E-state index >= 15 is 0 Å². The minimum Gasteiger partial charge on any atom is -0.347 e. The topological polar surface area (TPSA) is 75.8 Å². The second kappa shape index (κ2) is 8.24. The summed E-state index contributed by atoms with van der Waals surface area (Å²) in [5.74, 6) is 0. The number of nitro benzene ring substituents is 1. The number of rotatable bonds is 5. The zero-order chi connectivity index (χ0) is 21.2. The third-order valence-corrected chi connectivity index (χ3v) is 5.58. The molecule has 2 aromatic carbocycles. The number of hydrogen-bond donors (Lipinski definition) is 0. The van der Waals surface area contributed by atoms with Crippen LogP contribution in [0, 0.1) is 10.1 Å². The highest BCUT2D eigenvalue weighted by Crippen LogP contribution is 2.45. The van der Waals surface area contributed by atoms with Crippen LogP contribution in [-0.4, -0.2) is 27.8 Å². The molecule has 29 heavy (non-hydrogen) atoms. The second-order valence-electron chi connectivity index (χ2n) is 6.26. The number of nitro groups is 1. The number of alkyl halides is 3. The predicted molar refractivity (Wildman–Crippen MR) is 103 cm³/mol. The van der Waals surface area contributed by atoms with Crippen LogP contribution in [0.25, 0.3) is 0 Å². The number of nitrogens with zero attached hydrogens (tertiary/aromatic N) is 3. The van der Waals surface area contributed by atoms with E-state index in [0.717, 1.165) is 23.4 Å². The van der Waals surface area contributed by atoms with Crippen LogP contribution in [0.15, 0.2) is 52.4 Å². The first-order chi connectivity index (χ1) is 13.7. The molecule has 0 saturated carbocycles. The summed E-state index contributed by atoms with van der Waals surface area (Å²) in [6, 6.07) is 9.43. The first kappa shape index (κ1) is 20.8. The van der Waals surface area contributed by atoms with Crippen molar-refractivity contribution in [2.24, 2.45) is 4.99 Å². The fourth-order valence-electron chi connectivity index (χ4n) is 2.94. The fraction of sp³-hybridized carbons (Fsp3) is 0.263. The third-order valence-electron chi connectivity index (χ3n) is 4.38. The Morgan fingerprint density at radius 1 is 1.28 bits per heavy atom. The Morgan fingerprint density at radius 2 is 1.97 bits per heavy atom. The summed E-state index contributed by atoms with van der Waals surface area (Å²) in [6.45, 7) is 2.80. The molecule has 0 amide bonds. The molecule has 1 aliphatic rings. The number of amidine groups is 1. The molecule has 10 heteroatoms. The van der Waals surface area contributed by atoms with Gasteiger partial charge in [0.1, 0.15) is 12.3 Å². The maximum absolute atomic E-state index is 13.2. The van der Waals surface area contributed by atoms with Gasteiger partial charge < -0.3 is 9.69 Å². The molecule has 152 valence electrons. The van der Waals surface area contributed by atoms with E-state index in [4.69, 9.17) is 0 Å². The lowest BCUT2D eigenvalue weighted by atomic mass is 10.0. The minimum atomic E-state index is -4.77. The molecule has 0 aromatic heterocycles. The number of thioether (sulfide) groups is 1. The Kier molecular flexibility index (Phi) is 5.92. The highest BCUT2D eigenvalue weighted by molar-refractivity contribution is 8.14. The average molecular weight is 423 g/mol. The van der Waals surface area contributed by atoms with Gasteiger partial charge in [0.15, 0.2) is 5.17 Å². The highest BCUT2D eigenvalue weighted by atomic mass is 32.2. The number of benzene rings is 2. The summed E-state index contributed by atoms with van der Waals surface area (Å²) in [5.41, 5.74) is -1.00. The second-order valence-corrected chi connectivity index (χ2v) is 7.24. The Labute approximate surface area is 168 Å². The van der Waals surface area contributed by atoms with E-state index in [0.29, 0.717) is 30.6 Å². The van der Waals surface area contributed by atoms with E-state index in [9.17, 15) is 28.1 Å². The maximum Gasteiger partial charge on any atom is 0.416 e. The van der Waals surface area contributed by atoms with Gasteiger partial charge in [-0.2, -0.15) is 13.2 Å². The van der Waals surface area contributed by atoms with Crippen molar-refractivity contribution in [1.82, 2.24) is 4.90 Å². The van der Waals surface area contributed by atoms with E-state index in [1.54, 1.807) is 0 Å². The Balaban J connectivity index is 2.05. The first-order valence-electron chi connectivity index (χ1n) is 8.64. The number of carbonyl (C=O) groups excluding carboxylic acids is 1. The third kappa shape index (κ3) is 4.42. The number of halogens is 3. The van der Waals surface area contributed by atoms with Crippen LogP contribution in [0.4, 0.5) is 18.9 Å². The fourth-order valence-corrected chi connectivity index (χ4v) is 4.15. The van der Waals surface area contributed by atoms with Crippen molar-refractivity contribution in [2.45, 2.75) is 30.6 Å². The largest absolute Gasteiger partial charge is 0.416 e. The maximum atomic E-state index is 13.2. The van der Waals surface area contributed by atoms with E-state index < -0.39 is 28.4 Å². The van der Waals surface area contributed by atoms with Crippen LogP contribution in [0.5, 0.6) is 0 Å². The predicted octanol–water partition coefficient (Wildman–Crippen LogP) is 4.84. The zero-order valence-corrected chi connectivity index (χ0v) is 16.0. The Hall–Kier alpha value is -2.88. The molecule has 1 unspecified atom stereocenters. The summed E-state index contributed by atoms with van der Waals surface area (Å²) >= 11 is 0.910. The minimum absolute atomic E-state index is 0.0108. The molecule has 0 saturated heterocycles. The van der Waals surface area contributed by atoms with Crippen molar-refractivity contribution in [3.63, 3.8) is 0 Å².